The fraction of sp³-hybridized carbons (Fsp3) is 0.452. The minimum absolute atomic E-state index is 0.0199. The molecule has 1 amide bonds. The highest BCUT2D eigenvalue weighted by Gasteiger charge is 2.35. The fourth-order valence-electron chi connectivity index (χ4n) is 5.49. The zero-order chi connectivity index (χ0) is 30.9. The van der Waals surface area contributed by atoms with Gasteiger partial charge in [0.1, 0.15) is 10.8 Å². The van der Waals surface area contributed by atoms with Gasteiger partial charge in [-0.3, -0.25) is 4.79 Å². The predicted octanol–water partition coefficient (Wildman–Crippen LogP) is 6.03. The van der Waals surface area contributed by atoms with Crippen LogP contribution in [-0.2, 0) is 16.4 Å². The third-order valence-electron chi connectivity index (χ3n) is 7.90. The number of amides is 1. The molecule has 1 aromatic heterocycles. The second-order valence-electron chi connectivity index (χ2n) is 11.5. The molecule has 5 rings (SSSR count). The average molecular weight is 627 g/mol. The van der Waals surface area contributed by atoms with E-state index in [4.69, 9.17) is 16.3 Å². The van der Waals surface area contributed by atoms with Crippen LogP contribution in [0.5, 0.6) is 5.75 Å². The number of hydrogen-bond acceptors (Lipinski definition) is 9. The van der Waals surface area contributed by atoms with Crippen molar-refractivity contribution in [3.63, 3.8) is 0 Å². The van der Waals surface area contributed by atoms with Crippen molar-refractivity contribution in [2.75, 3.05) is 30.3 Å². The molecule has 1 saturated heterocycles. The lowest BCUT2D eigenvalue weighted by atomic mass is 10.0. The first-order chi connectivity index (χ1) is 20.5. The van der Waals surface area contributed by atoms with Crippen molar-refractivity contribution in [3.8, 4) is 5.75 Å². The highest BCUT2D eigenvalue weighted by atomic mass is 35.5. The summed E-state index contributed by atoms with van der Waals surface area (Å²) in [5.74, 6) is 1.05. The third kappa shape index (κ3) is 6.58. The maximum atomic E-state index is 13.6. The molecule has 2 aliphatic rings. The van der Waals surface area contributed by atoms with Crippen LogP contribution in [0, 0.1) is 0 Å². The van der Waals surface area contributed by atoms with Crippen LogP contribution in [0.4, 0.5) is 23.1 Å². The highest BCUT2D eigenvalue weighted by Crippen LogP contribution is 2.38. The number of carbonyl (C=O) groups excluding carboxylic acids is 1. The second kappa shape index (κ2) is 12.7. The van der Waals surface area contributed by atoms with Gasteiger partial charge in [0, 0.05) is 31.2 Å². The molecule has 2 aliphatic heterocycles. The van der Waals surface area contributed by atoms with E-state index in [0.29, 0.717) is 29.2 Å². The monoisotopic (exact) mass is 626 g/mol. The van der Waals surface area contributed by atoms with Gasteiger partial charge in [0.05, 0.1) is 33.8 Å². The Morgan fingerprint density at radius 3 is 2.47 bits per heavy atom. The molecule has 0 atom stereocenters. The molecule has 1 fully saturated rings. The molecule has 12 heteroatoms. The second-order valence-corrected chi connectivity index (χ2v) is 14.4. The van der Waals surface area contributed by atoms with Crippen molar-refractivity contribution in [2.45, 2.75) is 76.3 Å². The van der Waals surface area contributed by atoms with Crippen LogP contribution in [0.25, 0.3) is 0 Å². The van der Waals surface area contributed by atoms with E-state index >= 15 is 0 Å². The Morgan fingerprint density at radius 2 is 1.79 bits per heavy atom. The molecule has 0 radical (unpaired) electrons. The van der Waals surface area contributed by atoms with E-state index in [1.807, 2.05) is 30.9 Å². The predicted molar refractivity (Wildman–Crippen MR) is 170 cm³/mol. The quantitative estimate of drug-likeness (QED) is 0.278. The molecule has 0 unspecified atom stereocenters. The van der Waals surface area contributed by atoms with Gasteiger partial charge in [-0.1, -0.05) is 30.7 Å². The number of anilines is 4. The smallest absolute Gasteiger partial charge is 0.254 e. The normalized spacial score (nSPS) is 16.2. The van der Waals surface area contributed by atoms with Gasteiger partial charge in [-0.05, 0) is 76.9 Å². The number of hydrogen-bond donors (Lipinski definition) is 2. The van der Waals surface area contributed by atoms with E-state index in [1.54, 1.807) is 38.1 Å². The molecule has 2 N–H and O–H groups in total. The van der Waals surface area contributed by atoms with Crippen molar-refractivity contribution in [1.82, 2.24) is 19.8 Å². The van der Waals surface area contributed by atoms with Gasteiger partial charge < -0.3 is 25.2 Å². The van der Waals surface area contributed by atoms with Crippen molar-refractivity contribution < 1.29 is 17.9 Å². The van der Waals surface area contributed by atoms with Crippen LogP contribution in [0.3, 0.4) is 0 Å². The summed E-state index contributed by atoms with van der Waals surface area (Å²) in [5, 5.41) is 5.90. The number of fused-ring (bicyclic) bond motifs is 1. The third-order valence-corrected chi connectivity index (χ3v) is 10.4. The molecule has 3 aromatic rings. The van der Waals surface area contributed by atoms with Crippen LogP contribution in [0.2, 0.25) is 5.02 Å². The summed E-state index contributed by atoms with van der Waals surface area (Å²) in [7, 11) is -3.56. The van der Waals surface area contributed by atoms with Gasteiger partial charge in [-0.25, -0.2) is 13.4 Å². The lowest BCUT2D eigenvalue weighted by Gasteiger charge is -2.36. The van der Waals surface area contributed by atoms with Gasteiger partial charge in [0.25, 0.3) is 5.91 Å². The Hall–Kier alpha value is -3.41. The Labute approximate surface area is 258 Å². The number of aromatic nitrogens is 2. The number of sulfone groups is 1. The van der Waals surface area contributed by atoms with Gasteiger partial charge in [0.2, 0.25) is 5.95 Å². The molecule has 0 saturated carbocycles. The Morgan fingerprint density at radius 1 is 1.07 bits per heavy atom. The number of carbonyl (C=O) groups is 1. The first-order valence-corrected chi connectivity index (χ1v) is 16.7. The minimum Gasteiger partial charge on any atom is -0.489 e. The van der Waals surface area contributed by atoms with E-state index in [-0.39, 0.29) is 39.7 Å². The average Bonchev–Trinajstić information content (AvgIpc) is 3.29. The molecule has 3 heterocycles. The Kier molecular flexibility index (Phi) is 9.15. The number of halogens is 1. The number of benzene rings is 2. The Bertz CT molecular complexity index is 1610. The molecular weight excluding hydrogens is 588 g/mol. The number of likely N-dealkylation sites (tertiary alicyclic amines) is 1. The number of piperidine rings is 1. The number of para-hydroxylation sites is 1. The van der Waals surface area contributed by atoms with E-state index in [1.165, 1.54) is 6.20 Å². The summed E-state index contributed by atoms with van der Waals surface area (Å²) < 4.78 is 32.1. The molecule has 2 aromatic carbocycles. The molecule has 0 aliphatic carbocycles. The van der Waals surface area contributed by atoms with E-state index in [9.17, 15) is 13.2 Å². The molecule has 43 heavy (non-hydrogen) atoms. The molecule has 0 bridgehead atoms. The molecular formula is C31H39ClN6O4S. The first kappa shape index (κ1) is 31.0. The van der Waals surface area contributed by atoms with Crippen LogP contribution in [-0.4, -0.2) is 71.1 Å². The topological polar surface area (TPSA) is 117 Å². The van der Waals surface area contributed by atoms with Crippen molar-refractivity contribution in [1.29, 1.82) is 0 Å². The number of ether oxygens (including phenoxy) is 1. The van der Waals surface area contributed by atoms with Crippen LogP contribution in [0.15, 0.2) is 47.5 Å². The molecule has 10 nitrogen and oxygen atoms in total. The summed E-state index contributed by atoms with van der Waals surface area (Å²) >= 11 is 6.44. The number of nitrogens with zero attached hydrogens (tertiary/aromatic N) is 4. The van der Waals surface area contributed by atoms with Gasteiger partial charge in [0.15, 0.2) is 15.7 Å². The zero-order valence-electron chi connectivity index (χ0n) is 25.2. The standard InChI is InChI=1S/C31H39ClN6O4S/c1-6-37-13-11-22(12-14-37)38-18-21-15-27(42-19(2)3)26(16-23(21)30(38)39)35-31-33-17-24(32)29(36-31)34-25-9-7-8-10-28(25)43(40,41)20(4)5/h7-10,15-17,19-20,22H,6,11-14,18H2,1-5H3,(H2,33,34,35,36). The zero-order valence-corrected chi connectivity index (χ0v) is 26.8. The summed E-state index contributed by atoms with van der Waals surface area (Å²) in [4.78, 5) is 27.0. The maximum absolute atomic E-state index is 13.6. The fourth-order valence-corrected chi connectivity index (χ4v) is 6.83. The van der Waals surface area contributed by atoms with Crippen molar-refractivity contribution in [2.24, 2.45) is 0 Å². The van der Waals surface area contributed by atoms with E-state index in [2.05, 4.69) is 32.4 Å². The van der Waals surface area contributed by atoms with E-state index in [0.717, 1.165) is 38.0 Å². The molecule has 230 valence electrons. The summed E-state index contributed by atoms with van der Waals surface area (Å²) in [5.41, 5.74) is 2.49. The number of nitrogens with one attached hydrogen (secondary N) is 2. The molecule has 0 spiro atoms. The first-order valence-electron chi connectivity index (χ1n) is 14.7. The number of rotatable bonds is 10. The van der Waals surface area contributed by atoms with Crippen molar-refractivity contribution in [3.05, 3.63) is 58.7 Å². The van der Waals surface area contributed by atoms with Gasteiger partial charge in [-0.2, -0.15) is 4.98 Å². The Balaban J connectivity index is 1.43. The van der Waals surface area contributed by atoms with Gasteiger partial charge in [-0.15, -0.1) is 0 Å². The minimum atomic E-state index is -3.56. The highest BCUT2D eigenvalue weighted by molar-refractivity contribution is 7.92. The van der Waals surface area contributed by atoms with Crippen LogP contribution in [0.1, 0.15) is 63.4 Å². The van der Waals surface area contributed by atoms with Crippen molar-refractivity contribution >= 4 is 50.5 Å². The lowest BCUT2D eigenvalue weighted by Crippen LogP contribution is -2.44. The summed E-state index contributed by atoms with van der Waals surface area (Å²) in [6.07, 6.45) is 3.26. The summed E-state index contributed by atoms with van der Waals surface area (Å²) in [6.45, 7) is 12.9. The summed E-state index contributed by atoms with van der Waals surface area (Å²) in [6, 6.07) is 10.6. The van der Waals surface area contributed by atoms with Gasteiger partial charge >= 0.3 is 0 Å². The van der Waals surface area contributed by atoms with E-state index < -0.39 is 15.1 Å². The SMILES string of the molecule is CCN1CCC(N2Cc3cc(OC(C)C)c(Nc4ncc(Cl)c(Nc5ccccc5S(=O)(=O)C(C)C)n4)cc3C2=O)CC1. The lowest BCUT2D eigenvalue weighted by molar-refractivity contribution is 0.0602. The van der Waals surface area contributed by atoms with Crippen LogP contribution < -0.4 is 15.4 Å². The largest absolute Gasteiger partial charge is 0.489 e. The maximum Gasteiger partial charge on any atom is 0.254 e. The van der Waals surface area contributed by atoms with Crippen LogP contribution >= 0.6 is 11.6 Å².